The number of nitrogens with two attached hydrogens (primary N) is 1. The van der Waals surface area contributed by atoms with E-state index in [2.05, 4.69) is 13.8 Å². The van der Waals surface area contributed by atoms with E-state index in [-0.39, 0.29) is 23.9 Å². The van der Waals surface area contributed by atoms with E-state index in [1.807, 2.05) is 20.9 Å². The van der Waals surface area contributed by atoms with Crippen LogP contribution in [0.25, 0.3) is 0 Å². The van der Waals surface area contributed by atoms with E-state index in [0.29, 0.717) is 0 Å². The van der Waals surface area contributed by atoms with Crippen LogP contribution in [0.15, 0.2) is 0 Å². The third-order valence-corrected chi connectivity index (χ3v) is 3.14. The summed E-state index contributed by atoms with van der Waals surface area (Å²) in [5.41, 5.74) is 5.87. The highest BCUT2D eigenvalue weighted by atomic mass is 16.2. The van der Waals surface area contributed by atoms with Gasteiger partial charge in [0.05, 0.1) is 6.04 Å². The summed E-state index contributed by atoms with van der Waals surface area (Å²) in [6, 6.07) is -0.0726. The standard InChI is InChI=1S/C11H24N2O/c1-6-8(3)10(12)11(14)13(5)9(4)7-2/h8-10H,6-7,12H2,1-5H3/t8?,9?,10-/m0/s1. The average Bonchev–Trinajstić information content (AvgIpc) is 2.23. The van der Waals surface area contributed by atoms with Crippen LogP contribution >= 0.6 is 0 Å². The first-order valence-electron chi connectivity index (χ1n) is 5.47. The molecule has 0 spiro atoms. The molecule has 0 aliphatic carbocycles. The van der Waals surface area contributed by atoms with Crippen LogP contribution in [-0.4, -0.2) is 29.9 Å². The smallest absolute Gasteiger partial charge is 0.239 e. The Kier molecular flexibility index (Phi) is 5.77. The van der Waals surface area contributed by atoms with Crippen molar-refractivity contribution in [2.75, 3.05) is 7.05 Å². The molecule has 0 bridgehead atoms. The molecule has 3 nitrogen and oxygen atoms in total. The van der Waals surface area contributed by atoms with E-state index < -0.39 is 0 Å². The predicted octanol–water partition coefficient (Wildman–Crippen LogP) is 1.62. The minimum atomic E-state index is -0.348. The van der Waals surface area contributed by atoms with Crippen LogP contribution in [0, 0.1) is 5.92 Å². The molecule has 0 rings (SSSR count). The normalized spacial score (nSPS) is 17.3. The first kappa shape index (κ1) is 13.4. The van der Waals surface area contributed by atoms with E-state index in [4.69, 9.17) is 5.73 Å². The van der Waals surface area contributed by atoms with Crippen molar-refractivity contribution in [3.63, 3.8) is 0 Å². The van der Waals surface area contributed by atoms with E-state index >= 15 is 0 Å². The zero-order valence-corrected chi connectivity index (χ0v) is 10.1. The quantitative estimate of drug-likeness (QED) is 0.733. The van der Waals surface area contributed by atoms with Crippen molar-refractivity contribution in [1.29, 1.82) is 0 Å². The molecule has 0 aliphatic rings. The van der Waals surface area contributed by atoms with Gasteiger partial charge in [-0.15, -0.1) is 0 Å². The second kappa shape index (κ2) is 6.02. The number of carbonyl (C=O) groups excluding carboxylic acids is 1. The van der Waals surface area contributed by atoms with Gasteiger partial charge in [-0.1, -0.05) is 27.2 Å². The van der Waals surface area contributed by atoms with Crippen LogP contribution in [0.3, 0.4) is 0 Å². The summed E-state index contributed by atoms with van der Waals surface area (Å²) in [7, 11) is 1.83. The van der Waals surface area contributed by atoms with Crippen LogP contribution in [-0.2, 0) is 4.79 Å². The zero-order valence-electron chi connectivity index (χ0n) is 10.1. The van der Waals surface area contributed by atoms with E-state index in [0.717, 1.165) is 12.8 Å². The van der Waals surface area contributed by atoms with Crippen molar-refractivity contribution in [2.45, 2.75) is 52.6 Å². The number of amides is 1. The summed E-state index contributed by atoms with van der Waals surface area (Å²) >= 11 is 0. The van der Waals surface area contributed by atoms with Gasteiger partial charge < -0.3 is 10.6 Å². The molecule has 0 aromatic heterocycles. The zero-order chi connectivity index (χ0) is 11.3. The summed E-state index contributed by atoms with van der Waals surface area (Å²) in [6.07, 6.45) is 1.91. The van der Waals surface area contributed by atoms with Gasteiger partial charge in [0, 0.05) is 13.1 Å². The third-order valence-electron chi connectivity index (χ3n) is 3.14. The van der Waals surface area contributed by atoms with Crippen LogP contribution in [0.5, 0.6) is 0 Å². The van der Waals surface area contributed by atoms with Crippen LogP contribution in [0.2, 0.25) is 0 Å². The molecule has 0 fully saturated rings. The molecule has 0 aromatic rings. The summed E-state index contributed by atoms with van der Waals surface area (Å²) in [6.45, 7) is 8.19. The Labute approximate surface area is 87.6 Å². The third kappa shape index (κ3) is 3.29. The van der Waals surface area contributed by atoms with Crippen molar-refractivity contribution in [3.8, 4) is 0 Å². The van der Waals surface area contributed by atoms with Crippen molar-refractivity contribution in [1.82, 2.24) is 4.90 Å². The van der Waals surface area contributed by atoms with Crippen molar-refractivity contribution in [2.24, 2.45) is 11.7 Å². The largest absolute Gasteiger partial charge is 0.342 e. The highest BCUT2D eigenvalue weighted by Gasteiger charge is 2.24. The van der Waals surface area contributed by atoms with Crippen molar-refractivity contribution < 1.29 is 4.79 Å². The summed E-state index contributed by atoms with van der Waals surface area (Å²) in [5.74, 6) is 0.322. The second-order valence-corrected chi connectivity index (χ2v) is 4.12. The SMILES string of the molecule is CCC(C)[C@H](N)C(=O)N(C)C(C)CC. The summed E-state index contributed by atoms with van der Waals surface area (Å²) < 4.78 is 0. The van der Waals surface area contributed by atoms with Crippen LogP contribution in [0.1, 0.15) is 40.5 Å². The Bertz CT molecular complexity index is 164. The molecule has 14 heavy (non-hydrogen) atoms. The lowest BCUT2D eigenvalue weighted by Crippen LogP contribution is -2.48. The fraction of sp³-hybridized carbons (Fsp3) is 0.909. The number of nitrogens with zero attached hydrogens (tertiary/aromatic N) is 1. The van der Waals surface area contributed by atoms with Gasteiger partial charge in [0.25, 0.3) is 0 Å². The molecule has 0 aromatic carbocycles. The fourth-order valence-corrected chi connectivity index (χ4v) is 1.22. The topological polar surface area (TPSA) is 46.3 Å². The highest BCUT2D eigenvalue weighted by Crippen LogP contribution is 2.10. The average molecular weight is 200 g/mol. The Morgan fingerprint density at radius 1 is 1.29 bits per heavy atom. The Morgan fingerprint density at radius 2 is 1.79 bits per heavy atom. The first-order valence-corrected chi connectivity index (χ1v) is 5.47. The second-order valence-electron chi connectivity index (χ2n) is 4.12. The first-order chi connectivity index (χ1) is 6.45. The van der Waals surface area contributed by atoms with Gasteiger partial charge in [0.2, 0.25) is 5.91 Å². The molecule has 0 saturated carbocycles. The Balaban J connectivity index is 4.31. The van der Waals surface area contributed by atoms with Gasteiger partial charge in [-0.2, -0.15) is 0 Å². The lowest BCUT2D eigenvalue weighted by atomic mass is 9.98. The van der Waals surface area contributed by atoms with E-state index in [1.165, 1.54) is 0 Å². The lowest BCUT2D eigenvalue weighted by Gasteiger charge is -2.28. The number of hydrogen-bond acceptors (Lipinski definition) is 2. The van der Waals surface area contributed by atoms with E-state index in [1.54, 1.807) is 4.90 Å². The molecule has 1 amide bonds. The van der Waals surface area contributed by atoms with E-state index in [9.17, 15) is 4.79 Å². The van der Waals surface area contributed by atoms with Gasteiger partial charge in [0.1, 0.15) is 0 Å². The van der Waals surface area contributed by atoms with Gasteiger partial charge in [-0.25, -0.2) is 0 Å². The highest BCUT2D eigenvalue weighted by molar-refractivity contribution is 5.81. The maximum Gasteiger partial charge on any atom is 0.239 e. The number of rotatable bonds is 5. The van der Waals surface area contributed by atoms with Gasteiger partial charge in [-0.3, -0.25) is 4.79 Å². The lowest BCUT2D eigenvalue weighted by molar-refractivity contribution is -0.134. The molecule has 0 aliphatic heterocycles. The number of likely N-dealkylation sites (N-methyl/N-ethyl adjacent to an activating group) is 1. The minimum absolute atomic E-state index is 0.0636. The van der Waals surface area contributed by atoms with Crippen molar-refractivity contribution >= 4 is 5.91 Å². The molecule has 0 radical (unpaired) electrons. The molecule has 84 valence electrons. The summed E-state index contributed by atoms with van der Waals surface area (Å²) in [4.78, 5) is 13.6. The number of hydrogen-bond donors (Lipinski definition) is 1. The summed E-state index contributed by atoms with van der Waals surface area (Å²) in [5, 5.41) is 0. The molecule has 0 heterocycles. The molecule has 3 atom stereocenters. The van der Waals surface area contributed by atoms with Crippen LogP contribution < -0.4 is 5.73 Å². The maximum atomic E-state index is 11.8. The van der Waals surface area contributed by atoms with Gasteiger partial charge in [0.15, 0.2) is 0 Å². The van der Waals surface area contributed by atoms with Gasteiger partial charge >= 0.3 is 0 Å². The molecule has 0 saturated heterocycles. The maximum absolute atomic E-state index is 11.8. The Hall–Kier alpha value is -0.570. The van der Waals surface area contributed by atoms with Crippen molar-refractivity contribution in [3.05, 3.63) is 0 Å². The predicted molar refractivity (Wildman–Crippen MR) is 60.0 cm³/mol. The minimum Gasteiger partial charge on any atom is -0.342 e. The van der Waals surface area contributed by atoms with Crippen LogP contribution in [0.4, 0.5) is 0 Å². The fourth-order valence-electron chi connectivity index (χ4n) is 1.22. The molecular weight excluding hydrogens is 176 g/mol. The molecule has 2 unspecified atom stereocenters. The molecular formula is C11H24N2O. The monoisotopic (exact) mass is 200 g/mol. The molecule has 2 N–H and O–H groups in total. The number of carbonyl (C=O) groups is 1. The Morgan fingerprint density at radius 3 is 2.14 bits per heavy atom. The molecule has 3 heteroatoms. The van der Waals surface area contributed by atoms with Gasteiger partial charge in [-0.05, 0) is 19.3 Å².